The molecule has 0 spiro atoms. The largest absolute Gasteiger partial charge is 0.480 e. The summed E-state index contributed by atoms with van der Waals surface area (Å²) in [5, 5.41) is 8.76. The molecule has 2 aromatic rings. The maximum Gasteiger partial charge on any atom is 0.332 e. The molecule has 2 fully saturated rings. The second-order valence-electron chi connectivity index (χ2n) is 8.60. The van der Waals surface area contributed by atoms with Gasteiger partial charge in [0.15, 0.2) is 5.78 Å². The van der Waals surface area contributed by atoms with Crippen LogP contribution in [0.2, 0.25) is 0 Å². The number of benzene rings is 2. The van der Waals surface area contributed by atoms with E-state index in [9.17, 15) is 28.4 Å². The van der Waals surface area contributed by atoms with Gasteiger partial charge < -0.3 is 19.6 Å². The Balaban J connectivity index is 1.70. The van der Waals surface area contributed by atoms with E-state index in [0.29, 0.717) is 17.5 Å². The van der Waals surface area contributed by atoms with Gasteiger partial charge in [-0.3, -0.25) is 14.4 Å². The van der Waals surface area contributed by atoms with Gasteiger partial charge >= 0.3 is 12.0 Å². The number of fused-ring (bicyclic) bond motifs is 1. The van der Waals surface area contributed by atoms with Crippen molar-refractivity contribution in [3.8, 4) is 0 Å². The second-order valence-corrected chi connectivity index (χ2v) is 8.60. The number of ether oxygens (including phenoxy) is 1. The maximum atomic E-state index is 13.8. The van der Waals surface area contributed by atoms with Gasteiger partial charge in [0, 0.05) is 18.7 Å². The standard InChI is InChI=1S/C25H24FN3O7/c1-15(30)17-5-3-7-19(11-17)29-24(34)23-20(8-9-27(23)21(31)13-36-14-22(32)33)28(25(29)35)12-16-4-2-6-18(26)10-16/h2-7,10-11,20,23H,8-9,12-14H2,1H3,(H,32,33)/t20-,23+/m1/s1. The molecule has 11 heteroatoms. The number of carbonyl (C=O) groups is 5. The Bertz CT molecular complexity index is 1230. The van der Waals surface area contributed by atoms with E-state index in [1.165, 1.54) is 47.1 Å². The van der Waals surface area contributed by atoms with Crippen molar-refractivity contribution in [1.82, 2.24) is 9.80 Å². The minimum atomic E-state index is -1.24. The maximum absolute atomic E-state index is 13.8. The lowest BCUT2D eigenvalue weighted by Gasteiger charge is -2.43. The minimum Gasteiger partial charge on any atom is -0.480 e. The number of urea groups is 1. The Kier molecular flexibility index (Phi) is 7.11. The average molecular weight is 497 g/mol. The van der Waals surface area contributed by atoms with Gasteiger partial charge in [0.1, 0.15) is 25.1 Å². The molecule has 10 nitrogen and oxygen atoms in total. The van der Waals surface area contributed by atoms with Crippen LogP contribution in [-0.2, 0) is 25.7 Å². The summed E-state index contributed by atoms with van der Waals surface area (Å²) in [6.45, 7) is 0.284. The lowest BCUT2D eigenvalue weighted by atomic mass is 10.0. The summed E-state index contributed by atoms with van der Waals surface area (Å²) in [5.41, 5.74) is 0.971. The Hall–Kier alpha value is -4.12. The zero-order valence-corrected chi connectivity index (χ0v) is 19.4. The van der Waals surface area contributed by atoms with Gasteiger partial charge in [-0.25, -0.2) is 18.9 Å². The number of amides is 4. The molecule has 4 rings (SSSR count). The van der Waals surface area contributed by atoms with E-state index in [1.807, 2.05) is 0 Å². The van der Waals surface area contributed by atoms with E-state index < -0.39 is 54.9 Å². The molecular formula is C25H24FN3O7. The van der Waals surface area contributed by atoms with Gasteiger partial charge in [-0.05, 0) is 43.2 Å². The van der Waals surface area contributed by atoms with Crippen molar-refractivity contribution in [3.05, 3.63) is 65.5 Å². The number of rotatable bonds is 8. The molecule has 0 aromatic heterocycles. The highest BCUT2D eigenvalue weighted by Crippen LogP contribution is 2.34. The molecule has 188 valence electrons. The van der Waals surface area contributed by atoms with E-state index in [-0.39, 0.29) is 24.6 Å². The molecule has 0 bridgehead atoms. The first-order valence-electron chi connectivity index (χ1n) is 11.3. The lowest BCUT2D eigenvalue weighted by Crippen LogP contribution is -2.66. The number of imide groups is 1. The van der Waals surface area contributed by atoms with Crippen LogP contribution < -0.4 is 4.90 Å². The summed E-state index contributed by atoms with van der Waals surface area (Å²) < 4.78 is 18.8. The number of likely N-dealkylation sites (tertiary alicyclic amines) is 1. The van der Waals surface area contributed by atoms with Gasteiger partial charge in [0.2, 0.25) is 5.91 Å². The second kappa shape index (κ2) is 10.2. The van der Waals surface area contributed by atoms with Crippen LogP contribution in [0.1, 0.15) is 29.3 Å². The molecule has 0 aliphatic carbocycles. The third kappa shape index (κ3) is 4.96. The van der Waals surface area contributed by atoms with Crippen LogP contribution in [0.25, 0.3) is 0 Å². The molecule has 2 aromatic carbocycles. The highest BCUT2D eigenvalue weighted by Gasteiger charge is 2.53. The van der Waals surface area contributed by atoms with E-state index in [2.05, 4.69) is 0 Å². The molecule has 2 saturated heterocycles. The van der Waals surface area contributed by atoms with Crippen LogP contribution >= 0.6 is 0 Å². The zero-order valence-electron chi connectivity index (χ0n) is 19.4. The number of anilines is 1. The fraction of sp³-hybridized carbons (Fsp3) is 0.320. The van der Waals surface area contributed by atoms with Crippen LogP contribution in [0.5, 0.6) is 0 Å². The highest BCUT2D eigenvalue weighted by molar-refractivity contribution is 6.19. The number of nitrogens with zero attached hydrogens (tertiary/aromatic N) is 3. The number of halogens is 1. The molecule has 4 amide bonds. The Morgan fingerprint density at radius 3 is 2.53 bits per heavy atom. The molecule has 0 unspecified atom stereocenters. The third-order valence-corrected chi connectivity index (χ3v) is 6.20. The van der Waals surface area contributed by atoms with Crippen LogP contribution in [0.3, 0.4) is 0 Å². The lowest BCUT2D eigenvalue weighted by molar-refractivity contribution is -0.148. The van der Waals surface area contributed by atoms with Gasteiger partial charge in [-0.15, -0.1) is 0 Å². The van der Waals surface area contributed by atoms with Crippen molar-refractivity contribution in [2.24, 2.45) is 0 Å². The van der Waals surface area contributed by atoms with Gasteiger partial charge in [0.25, 0.3) is 5.91 Å². The third-order valence-electron chi connectivity index (χ3n) is 6.20. The fourth-order valence-corrected chi connectivity index (χ4v) is 4.60. The summed E-state index contributed by atoms with van der Waals surface area (Å²) >= 11 is 0. The smallest absolute Gasteiger partial charge is 0.332 e. The number of carboxylic acid groups (broad SMARTS) is 1. The quantitative estimate of drug-likeness (QED) is 0.554. The molecule has 1 N–H and O–H groups in total. The number of hydrogen-bond donors (Lipinski definition) is 1. The van der Waals surface area contributed by atoms with Crippen molar-refractivity contribution in [2.75, 3.05) is 24.7 Å². The first kappa shape index (κ1) is 25.0. The van der Waals surface area contributed by atoms with Crippen molar-refractivity contribution in [2.45, 2.75) is 32.0 Å². The molecule has 2 aliphatic heterocycles. The number of carbonyl (C=O) groups excluding carboxylic acids is 4. The predicted octanol–water partition coefficient (Wildman–Crippen LogP) is 2.07. The summed E-state index contributed by atoms with van der Waals surface area (Å²) in [7, 11) is 0. The van der Waals surface area contributed by atoms with E-state index in [1.54, 1.807) is 18.2 Å². The number of carboxylic acids is 1. The molecule has 36 heavy (non-hydrogen) atoms. The van der Waals surface area contributed by atoms with Crippen LogP contribution in [0.15, 0.2) is 48.5 Å². The normalized spacial score (nSPS) is 19.4. The van der Waals surface area contributed by atoms with E-state index in [4.69, 9.17) is 9.84 Å². The van der Waals surface area contributed by atoms with Gasteiger partial charge in [-0.2, -0.15) is 0 Å². The van der Waals surface area contributed by atoms with E-state index in [0.717, 1.165) is 4.90 Å². The monoisotopic (exact) mass is 497 g/mol. The topological polar surface area (TPSA) is 125 Å². The van der Waals surface area contributed by atoms with Crippen molar-refractivity contribution < 1.29 is 38.2 Å². The number of aliphatic carboxylic acids is 1. The van der Waals surface area contributed by atoms with Crippen LogP contribution in [0, 0.1) is 5.82 Å². The SMILES string of the molecule is CC(=O)c1cccc(N2C(=O)[C@@H]3[C@@H](CCN3C(=O)COCC(=O)O)N(Cc3cccc(F)c3)C2=O)c1. The van der Waals surface area contributed by atoms with Crippen molar-refractivity contribution >= 4 is 35.3 Å². The highest BCUT2D eigenvalue weighted by atomic mass is 19.1. The predicted molar refractivity (Wildman–Crippen MR) is 124 cm³/mol. The Morgan fingerprint density at radius 1 is 1.08 bits per heavy atom. The first-order valence-corrected chi connectivity index (χ1v) is 11.3. The molecule has 2 atom stereocenters. The summed E-state index contributed by atoms with van der Waals surface area (Å²) in [4.78, 5) is 66.4. The summed E-state index contributed by atoms with van der Waals surface area (Å²) in [6, 6.07) is 9.40. The Labute approximate surface area is 205 Å². The van der Waals surface area contributed by atoms with Crippen LogP contribution in [0.4, 0.5) is 14.9 Å². The molecular weight excluding hydrogens is 473 g/mol. The first-order chi connectivity index (χ1) is 17.2. The van der Waals surface area contributed by atoms with E-state index >= 15 is 0 Å². The average Bonchev–Trinajstić information content (AvgIpc) is 3.27. The summed E-state index contributed by atoms with van der Waals surface area (Å²) in [5.74, 6) is -3.20. The number of ketones is 1. The Morgan fingerprint density at radius 2 is 1.83 bits per heavy atom. The van der Waals surface area contributed by atoms with Crippen molar-refractivity contribution in [3.63, 3.8) is 0 Å². The minimum absolute atomic E-state index is 0.00845. The molecule has 0 saturated carbocycles. The van der Waals surface area contributed by atoms with Gasteiger partial charge in [0.05, 0.1) is 11.7 Å². The molecule has 2 heterocycles. The zero-order chi connectivity index (χ0) is 26.0. The molecule has 0 radical (unpaired) electrons. The number of hydrogen-bond acceptors (Lipinski definition) is 6. The summed E-state index contributed by atoms with van der Waals surface area (Å²) in [6.07, 6.45) is 0.295. The molecule has 2 aliphatic rings. The van der Waals surface area contributed by atoms with Gasteiger partial charge in [-0.1, -0.05) is 24.3 Å². The van der Waals surface area contributed by atoms with Crippen molar-refractivity contribution in [1.29, 1.82) is 0 Å². The van der Waals surface area contributed by atoms with Crippen LogP contribution in [-0.4, -0.2) is 76.3 Å². The fourth-order valence-electron chi connectivity index (χ4n) is 4.60. The number of Topliss-reactive ketones (excluding diaryl/α,β-unsaturated/α-hetero) is 1.